The number of carbonyl (C=O) groups is 3. The van der Waals surface area contributed by atoms with Gasteiger partial charge in [-0.15, -0.1) is 0 Å². The number of hydrogen-bond acceptors (Lipinski definition) is 7. The number of anilines is 1. The number of nitrogens with one attached hydrogen (secondary N) is 1. The first-order chi connectivity index (χ1) is 20.5. The Labute approximate surface area is 249 Å². The number of aromatic nitrogens is 3. The summed E-state index contributed by atoms with van der Waals surface area (Å²) in [5.74, 6) is 5.32. The van der Waals surface area contributed by atoms with Crippen molar-refractivity contribution in [3.63, 3.8) is 0 Å². The fraction of sp³-hybridized carbons (Fsp3) is 0.281. The zero-order valence-electron chi connectivity index (χ0n) is 24.3. The molecular weight excluding hydrogens is 548 g/mol. The molecule has 4 N–H and O–H groups in total. The molecule has 0 aliphatic carbocycles. The molecule has 43 heavy (non-hydrogen) atoms. The molecule has 0 bridgehead atoms. The van der Waals surface area contributed by atoms with E-state index in [0.717, 1.165) is 28.6 Å². The largest absolute Gasteiger partial charge is 0.476 e. The Morgan fingerprint density at radius 3 is 2.37 bits per heavy atom. The Morgan fingerprint density at radius 1 is 0.977 bits per heavy atom. The van der Waals surface area contributed by atoms with E-state index in [1.54, 1.807) is 62.2 Å². The monoisotopic (exact) mass is 582 g/mol. The van der Waals surface area contributed by atoms with Crippen LogP contribution in [0.25, 0.3) is 22.4 Å². The van der Waals surface area contributed by atoms with Gasteiger partial charge < -0.3 is 21.0 Å². The van der Waals surface area contributed by atoms with E-state index in [2.05, 4.69) is 15.3 Å². The average molecular weight is 583 g/mol. The maximum atomic E-state index is 13.0. The van der Waals surface area contributed by atoms with Crippen LogP contribution in [0.4, 0.5) is 10.6 Å². The van der Waals surface area contributed by atoms with Gasteiger partial charge in [0.05, 0.1) is 6.04 Å². The number of nitrogens with two attached hydrogens (primary N) is 1. The number of amides is 2. The lowest BCUT2D eigenvalue weighted by Crippen LogP contribution is -2.43. The summed E-state index contributed by atoms with van der Waals surface area (Å²) in [7, 11) is 0. The molecule has 1 aliphatic rings. The Bertz CT molecular complexity index is 1640. The van der Waals surface area contributed by atoms with Gasteiger partial charge in [-0.05, 0) is 75.4 Å². The third kappa shape index (κ3) is 6.50. The molecule has 1 atom stereocenters. The zero-order chi connectivity index (χ0) is 30.7. The normalized spacial score (nSPS) is 15.1. The van der Waals surface area contributed by atoms with Crippen molar-refractivity contribution < 1.29 is 24.2 Å². The third-order valence-corrected chi connectivity index (χ3v) is 7.10. The summed E-state index contributed by atoms with van der Waals surface area (Å²) in [6, 6.07) is 19.3. The van der Waals surface area contributed by atoms with Crippen LogP contribution in [-0.4, -0.2) is 54.8 Å². The number of pyridine rings is 1. The van der Waals surface area contributed by atoms with Gasteiger partial charge in [0.1, 0.15) is 17.1 Å². The van der Waals surface area contributed by atoms with E-state index < -0.39 is 23.7 Å². The van der Waals surface area contributed by atoms with Gasteiger partial charge in [0.2, 0.25) is 0 Å². The fourth-order valence-electron chi connectivity index (χ4n) is 5.11. The van der Waals surface area contributed by atoms with E-state index in [4.69, 9.17) is 10.6 Å². The number of hydrogen-bond donors (Lipinski definition) is 3. The zero-order valence-corrected chi connectivity index (χ0v) is 24.3. The fourth-order valence-corrected chi connectivity index (χ4v) is 5.11. The van der Waals surface area contributed by atoms with E-state index in [1.807, 2.05) is 36.4 Å². The second kappa shape index (κ2) is 12.0. The summed E-state index contributed by atoms with van der Waals surface area (Å²) < 4.78 is 6.63. The number of rotatable bonds is 6. The Kier molecular flexibility index (Phi) is 8.16. The molecule has 2 amide bonds. The molecule has 1 unspecified atom stereocenters. The van der Waals surface area contributed by atoms with E-state index in [1.165, 1.54) is 0 Å². The van der Waals surface area contributed by atoms with Crippen molar-refractivity contribution in [2.45, 2.75) is 51.7 Å². The summed E-state index contributed by atoms with van der Waals surface area (Å²) in [6.45, 7) is 5.81. The smallest absolute Gasteiger partial charge is 0.410 e. The van der Waals surface area contributed by atoms with Gasteiger partial charge in [-0.1, -0.05) is 42.5 Å². The third-order valence-electron chi connectivity index (χ3n) is 7.10. The summed E-state index contributed by atoms with van der Waals surface area (Å²) in [6.07, 6.45) is 3.30. The highest BCUT2D eigenvalue weighted by Gasteiger charge is 2.36. The number of carboxylic acid groups (broad SMARTS) is 1. The molecule has 0 spiro atoms. The predicted octanol–water partition coefficient (Wildman–Crippen LogP) is 5.74. The number of carbonyl (C=O) groups excluding carboxylic acids is 2. The van der Waals surface area contributed by atoms with Crippen molar-refractivity contribution >= 4 is 23.8 Å². The number of aromatic carboxylic acids is 1. The van der Waals surface area contributed by atoms with Gasteiger partial charge in [0.25, 0.3) is 5.91 Å². The van der Waals surface area contributed by atoms with Gasteiger partial charge >= 0.3 is 12.1 Å². The lowest BCUT2D eigenvalue weighted by atomic mass is 10.0. The van der Waals surface area contributed by atoms with Crippen LogP contribution in [0.1, 0.15) is 72.7 Å². The molecule has 1 fully saturated rings. The molecule has 11 heteroatoms. The number of likely N-dealkylation sites (tertiary alicyclic amines) is 1. The topological polar surface area (TPSA) is 153 Å². The minimum Gasteiger partial charge on any atom is -0.476 e. The van der Waals surface area contributed by atoms with Crippen molar-refractivity contribution in [2.75, 3.05) is 17.7 Å². The summed E-state index contributed by atoms with van der Waals surface area (Å²) in [4.78, 5) is 48.8. The summed E-state index contributed by atoms with van der Waals surface area (Å²) in [5.41, 5.74) is 1.96. The lowest BCUT2D eigenvalue weighted by Gasteiger charge is -2.36. The minimum atomic E-state index is -1.26. The van der Waals surface area contributed by atoms with Gasteiger partial charge in [0.15, 0.2) is 11.5 Å². The molecule has 1 aliphatic heterocycles. The van der Waals surface area contributed by atoms with Crippen molar-refractivity contribution in [1.82, 2.24) is 19.5 Å². The number of ether oxygens (including phenoxy) is 1. The quantitative estimate of drug-likeness (QED) is 0.243. The van der Waals surface area contributed by atoms with Gasteiger partial charge in [-0.2, -0.15) is 0 Å². The van der Waals surface area contributed by atoms with Crippen molar-refractivity contribution in [1.29, 1.82) is 0 Å². The van der Waals surface area contributed by atoms with E-state index in [0.29, 0.717) is 29.9 Å². The molecule has 0 saturated carbocycles. The minimum absolute atomic E-state index is 0.142. The maximum Gasteiger partial charge on any atom is 0.410 e. The van der Waals surface area contributed by atoms with Crippen LogP contribution in [0.3, 0.4) is 0 Å². The molecule has 3 heterocycles. The van der Waals surface area contributed by atoms with E-state index >= 15 is 0 Å². The Hall–Kier alpha value is -5.19. The van der Waals surface area contributed by atoms with Crippen LogP contribution in [-0.2, 0) is 4.74 Å². The Morgan fingerprint density at radius 2 is 1.70 bits per heavy atom. The molecule has 1 saturated heterocycles. The molecule has 4 aromatic rings. The van der Waals surface area contributed by atoms with Crippen LogP contribution in [0, 0.1) is 0 Å². The average Bonchev–Trinajstić information content (AvgIpc) is 3.34. The second-order valence-electron chi connectivity index (χ2n) is 11.4. The lowest BCUT2D eigenvalue weighted by molar-refractivity contribution is 0.00821. The standard InChI is InChI=1S/C32H34N6O5/c1-32(2,3)43-31(42)37-18-8-7-11-24(37)28-36-26(27(30(40)41)38(28)33)21-12-14-22(15-13-21)29(39)35-25-19-23(16-17-34-25)20-9-5-4-6-10-20/h4-6,9-10,12-17,19,24H,7-8,11,18,33H2,1-3H3,(H,40,41)(H,34,35,39). The summed E-state index contributed by atoms with van der Waals surface area (Å²) >= 11 is 0. The molecule has 2 aromatic heterocycles. The van der Waals surface area contributed by atoms with Crippen LogP contribution in [0.15, 0.2) is 72.9 Å². The van der Waals surface area contributed by atoms with E-state index in [9.17, 15) is 19.5 Å². The van der Waals surface area contributed by atoms with Gasteiger partial charge in [-0.3, -0.25) is 9.69 Å². The van der Waals surface area contributed by atoms with E-state index in [-0.39, 0.29) is 23.1 Å². The predicted molar refractivity (Wildman–Crippen MR) is 162 cm³/mol. The number of nitrogens with zero attached hydrogens (tertiary/aromatic N) is 4. The number of nitrogen functional groups attached to an aromatic ring is 1. The van der Waals surface area contributed by atoms with Crippen LogP contribution in [0.5, 0.6) is 0 Å². The highest BCUT2D eigenvalue weighted by Crippen LogP contribution is 2.34. The SMILES string of the molecule is CC(C)(C)OC(=O)N1CCCCC1c1nc(-c2ccc(C(=O)Nc3cc(-c4ccccc4)ccn3)cc2)c(C(=O)O)n1N. The number of benzene rings is 2. The molecule has 5 rings (SSSR count). The molecule has 2 aromatic carbocycles. The second-order valence-corrected chi connectivity index (χ2v) is 11.4. The van der Waals surface area contributed by atoms with Gasteiger partial charge in [0, 0.05) is 23.9 Å². The number of carboxylic acids is 1. The molecular formula is C32H34N6O5. The molecule has 11 nitrogen and oxygen atoms in total. The summed E-state index contributed by atoms with van der Waals surface area (Å²) in [5, 5.41) is 12.9. The van der Waals surface area contributed by atoms with Crippen LogP contribution >= 0.6 is 0 Å². The first-order valence-corrected chi connectivity index (χ1v) is 14.1. The van der Waals surface area contributed by atoms with Crippen LogP contribution < -0.4 is 11.2 Å². The van der Waals surface area contributed by atoms with Crippen molar-refractivity contribution in [2.24, 2.45) is 0 Å². The van der Waals surface area contributed by atoms with Crippen molar-refractivity contribution in [3.8, 4) is 22.4 Å². The molecule has 0 radical (unpaired) electrons. The highest BCUT2D eigenvalue weighted by molar-refractivity contribution is 6.04. The first kappa shape index (κ1) is 29.3. The van der Waals surface area contributed by atoms with Crippen LogP contribution in [0.2, 0.25) is 0 Å². The maximum absolute atomic E-state index is 13.0. The highest BCUT2D eigenvalue weighted by atomic mass is 16.6. The van der Waals surface area contributed by atoms with Crippen molar-refractivity contribution in [3.05, 3.63) is 90.0 Å². The first-order valence-electron chi connectivity index (χ1n) is 14.1. The molecule has 222 valence electrons. The number of imidazole rings is 1. The van der Waals surface area contributed by atoms with Gasteiger partial charge in [-0.25, -0.2) is 24.2 Å². The number of piperidine rings is 1. The Balaban J connectivity index is 1.39.